The summed E-state index contributed by atoms with van der Waals surface area (Å²) in [5.74, 6) is 0.711. The molecule has 0 fully saturated rings. The second kappa shape index (κ2) is 3.31. The summed E-state index contributed by atoms with van der Waals surface area (Å²) >= 11 is 6.75. The monoisotopic (exact) mass is 318 g/mol. The van der Waals surface area contributed by atoms with E-state index in [1.165, 1.54) is 0 Å². The molecule has 0 saturated carbocycles. The lowest BCUT2D eigenvalue weighted by atomic mass is 10.2. The van der Waals surface area contributed by atoms with Crippen molar-refractivity contribution in [1.29, 1.82) is 0 Å². The van der Waals surface area contributed by atoms with Gasteiger partial charge in [0.1, 0.15) is 5.82 Å². The van der Waals surface area contributed by atoms with Gasteiger partial charge < -0.3 is 0 Å². The van der Waals surface area contributed by atoms with E-state index in [4.69, 9.17) is 0 Å². The Kier molecular flexibility index (Phi) is 2.39. The third kappa shape index (κ3) is 1.22. The van der Waals surface area contributed by atoms with Gasteiger partial charge in [-0.2, -0.15) is 0 Å². The summed E-state index contributed by atoms with van der Waals surface area (Å²) in [7, 11) is 0. The van der Waals surface area contributed by atoms with Crippen LogP contribution >= 0.6 is 31.9 Å². The van der Waals surface area contributed by atoms with Crippen molar-refractivity contribution >= 4 is 43.6 Å². The predicted molar refractivity (Wildman–Crippen MR) is 61.8 cm³/mol. The molecule has 2 heterocycles. The highest BCUT2D eigenvalue weighted by Crippen LogP contribution is 2.49. The van der Waals surface area contributed by atoms with Crippen molar-refractivity contribution in [3.05, 3.63) is 23.9 Å². The number of pyridine rings is 1. The molecule has 1 aromatic heterocycles. The predicted octanol–water partition coefficient (Wildman–Crippen LogP) is 2.39. The average molecular weight is 320 g/mol. The molecule has 0 bridgehead atoms. The van der Waals surface area contributed by atoms with E-state index in [-0.39, 0.29) is 5.91 Å². The Balaban J connectivity index is 2.62. The Morgan fingerprint density at radius 1 is 1.57 bits per heavy atom. The van der Waals surface area contributed by atoms with E-state index in [1.54, 1.807) is 11.1 Å². The highest BCUT2D eigenvalue weighted by atomic mass is 79.9. The highest BCUT2D eigenvalue weighted by molar-refractivity contribution is 9.25. The van der Waals surface area contributed by atoms with E-state index in [0.717, 1.165) is 11.4 Å². The van der Waals surface area contributed by atoms with E-state index in [9.17, 15) is 4.79 Å². The molecular weight excluding hydrogens is 312 g/mol. The largest absolute Gasteiger partial charge is 0.295 e. The van der Waals surface area contributed by atoms with Crippen LogP contribution in [0, 0.1) is 0 Å². The second-order valence-corrected chi connectivity index (χ2v) is 6.44. The Morgan fingerprint density at radius 2 is 2.29 bits per heavy atom. The van der Waals surface area contributed by atoms with Crippen molar-refractivity contribution in [2.24, 2.45) is 0 Å². The van der Waals surface area contributed by atoms with Crippen LogP contribution in [0.4, 0.5) is 5.82 Å². The zero-order valence-corrected chi connectivity index (χ0v) is 10.7. The Morgan fingerprint density at radius 3 is 2.93 bits per heavy atom. The number of alkyl halides is 2. The van der Waals surface area contributed by atoms with Gasteiger partial charge in [0, 0.05) is 18.3 Å². The molecular formula is C9H8Br2N2O. The standard InChI is InChI=1S/C9H8Br2N2O/c1-2-13-7-6(4-3-5-12-7)9(10,11)8(13)14/h3-5H,2H2,1H3. The number of fused-ring (bicyclic) bond motifs is 1. The van der Waals surface area contributed by atoms with Crippen LogP contribution in [0.3, 0.4) is 0 Å². The Bertz CT molecular complexity index is 392. The molecule has 0 atom stereocenters. The molecule has 0 saturated heterocycles. The summed E-state index contributed by atoms with van der Waals surface area (Å²) in [5, 5.41) is 0. The molecule has 0 unspecified atom stereocenters. The molecule has 3 nitrogen and oxygen atoms in total. The SMILES string of the molecule is CCN1C(=O)C(Br)(Br)c2cccnc21. The van der Waals surface area contributed by atoms with E-state index < -0.39 is 3.23 Å². The number of hydrogen-bond donors (Lipinski definition) is 0. The van der Waals surface area contributed by atoms with Crippen LogP contribution in [0.15, 0.2) is 18.3 Å². The first-order chi connectivity index (χ1) is 6.59. The first-order valence-corrected chi connectivity index (χ1v) is 5.83. The average Bonchev–Trinajstić information content (AvgIpc) is 2.37. The number of anilines is 1. The lowest BCUT2D eigenvalue weighted by Gasteiger charge is -2.14. The molecule has 14 heavy (non-hydrogen) atoms. The number of nitrogens with zero attached hydrogens (tertiary/aromatic N) is 2. The Hall–Kier alpha value is -0.420. The van der Waals surface area contributed by atoms with Crippen molar-refractivity contribution in [2.75, 3.05) is 11.4 Å². The van der Waals surface area contributed by atoms with E-state index >= 15 is 0 Å². The van der Waals surface area contributed by atoms with Gasteiger partial charge in [0.25, 0.3) is 5.91 Å². The molecule has 0 N–H and O–H groups in total. The fourth-order valence-corrected chi connectivity index (χ4v) is 2.58. The van der Waals surface area contributed by atoms with Crippen LogP contribution in [0.25, 0.3) is 0 Å². The topological polar surface area (TPSA) is 33.2 Å². The molecule has 0 spiro atoms. The van der Waals surface area contributed by atoms with E-state index in [1.807, 2.05) is 19.1 Å². The lowest BCUT2D eigenvalue weighted by Crippen LogP contribution is -2.32. The number of hydrogen-bond acceptors (Lipinski definition) is 2. The van der Waals surface area contributed by atoms with Crippen LogP contribution in [0.5, 0.6) is 0 Å². The van der Waals surface area contributed by atoms with Gasteiger partial charge in [0.2, 0.25) is 0 Å². The normalized spacial score (nSPS) is 18.5. The van der Waals surface area contributed by atoms with Crippen LogP contribution in [0.1, 0.15) is 12.5 Å². The molecule has 0 radical (unpaired) electrons. The lowest BCUT2D eigenvalue weighted by molar-refractivity contribution is -0.118. The maximum absolute atomic E-state index is 11.9. The van der Waals surface area contributed by atoms with Gasteiger partial charge in [-0.3, -0.25) is 9.69 Å². The molecule has 5 heteroatoms. The zero-order valence-electron chi connectivity index (χ0n) is 7.50. The maximum atomic E-state index is 11.9. The van der Waals surface area contributed by atoms with Crippen molar-refractivity contribution in [2.45, 2.75) is 10.2 Å². The van der Waals surface area contributed by atoms with Crippen LogP contribution < -0.4 is 4.90 Å². The number of halogens is 2. The zero-order chi connectivity index (χ0) is 10.3. The number of amides is 1. The summed E-state index contributed by atoms with van der Waals surface area (Å²) in [5.41, 5.74) is 0.867. The van der Waals surface area contributed by atoms with Gasteiger partial charge in [-0.1, -0.05) is 37.9 Å². The summed E-state index contributed by atoms with van der Waals surface area (Å²) in [4.78, 5) is 17.8. The van der Waals surface area contributed by atoms with Gasteiger partial charge in [-0.25, -0.2) is 4.98 Å². The molecule has 1 aliphatic heterocycles. The summed E-state index contributed by atoms with van der Waals surface area (Å²) in [6.07, 6.45) is 1.69. The fraction of sp³-hybridized carbons (Fsp3) is 0.333. The number of aromatic nitrogens is 1. The highest BCUT2D eigenvalue weighted by Gasteiger charge is 2.47. The molecule has 74 valence electrons. The number of likely N-dealkylation sites (N-methyl/N-ethyl adjacent to an activating group) is 1. The first-order valence-electron chi connectivity index (χ1n) is 4.24. The minimum Gasteiger partial charge on any atom is -0.295 e. The van der Waals surface area contributed by atoms with Crippen molar-refractivity contribution in [3.63, 3.8) is 0 Å². The number of rotatable bonds is 1. The molecule has 1 amide bonds. The molecule has 1 aliphatic rings. The second-order valence-electron chi connectivity index (χ2n) is 3.00. The van der Waals surface area contributed by atoms with Gasteiger partial charge in [-0.15, -0.1) is 0 Å². The summed E-state index contributed by atoms with van der Waals surface area (Å²) in [6, 6.07) is 3.71. The maximum Gasteiger partial charge on any atom is 0.260 e. The van der Waals surface area contributed by atoms with Gasteiger partial charge in [0.15, 0.2) is 3.23 Å². The molecule has 1 aromatic rings. The van der Waals surface area contributed by atoms with Crippen molar-refractivity contribution < 1.29 is 4.79 Å². The third-order valence-corrected chi connectivity index (χ3v) is 3.74. The van der Waals surface area contributed by atoms with Crippen LogP contribution in [0.2, 0.25) is 0 Å². The van der Waals surface area contributed by atoms with Crippen LogP contribution in [-0.4, -0.2) is 17.4 Å². The molecule has 0 aromatic carbocycles. The minimum absolute atomic E-state index is 0.0197. The molecule has 2 rings (SSSR count). The minimum atomic E-state index is -0.792. The van der Waals surface area contributed by atoms with E-state index in [0.29, 0.717) is 6.54 Å². The smallest absolute Gasteiger partial charge is 0.260 e. The molecule has 0 aliphatic carbocycles. The van der Waals surface area contributed by atoms with Gasteiger partial charge in [0.05, 0.1) is 0 Å². The summed E-state index contributed by atoms with van der Waals surface area (Å²) < 4.78 is -0.792. The van der Waals surface area contributed by atoms with Gasteiger partial charge in [-0.05, 0) is 13.0 Å². The first kappa shape index (κ1) is 10.1. The summed E-state index contributed by atoms with van der Waals surface area (Å²) in [6.45, 7) is 2.56. The van der Waals surface area contributed by atoms with Crippen LogP contribution in [-0.2, 0) is 8.03 Å². The van der Waals surface area contributed by atoms with Gasteiger partial charge >= 0.3 is 0 Å². The fourth-order valence-electron chi connectivity index (χ4n) is 1.53. The number of carbonyl (C=O) groups is 1. The Labute approximate surface area is 98.8 Å². The quantitative estimate of drug-likeness (QED) is 0.745. The van der Waals surface area contributed by atoms with E-state index in [2.05, 4.69) is 36.8 Å². The van der Waals surface area contributed by atoms with Crippen molar-refractivity contribution in [1.82, 2.24) is 4.98 Å². The van der Waals surface area contributed by atoms with Crippen molar-refractivity contribution in [3.8, 4) is 0 Å². The number of carbonyl (C=O) groups excluding carboxylic acids is 1. The third-order valence-electron chi connectivity index (χ3n) is 2.21.